The zero-order valence-electron chi connectivity index (χ0n) is 36.3. The number of nitrogens with zero attached hydrogens (tertiary/aromatic N) is 2. The van der Waals surface area contributed by atoms with Gasteiger partial charge in [-0.1, -0.05) is 206 Å². The molecule has 0 bridgehead atoms. The zero-order valence-corrected chi connectivity index (χ0v) is 36.3. The van der Waals surface area contributed by atoms with E-state index in [2.05, 4.69) is 277 Å². The van der Waals surface area contributed by atoms with Crippen molar-refractivity contribution < 1.29 is 0 Å². The summed E-state index contributed by atoms with van der Waals surface area (Å²) in [4.78, 5) is 4.77. The highest BCUT2D eigenvalue weighted by Gasteiger charge is 2.20. The van der Waals surface area contributed by atoms with Gasteiger partial charge in [-0.3, -0.25) is 0 Å². The molecular formula is C64H44N2. The van der Waals surface area contributed by atoms with Crippen molar-refractivity contribution in [3.05, 3.63) is 267 Å². The highest BCUT2D eigenvalue weighted by Crippen LogP contribution is 2.45. The third kappa shape index (κ3) is 6.93. The number of benzene rings is 12. The van der Waals surface area contributed by atoms with Gasteiger partial charge >= 0.3 is 0 Å². The highest BCUT2D eigenvalue weighted by atomic mass is 15.1. The van der Waals surface area contributed by atoms with Crippen LogP contribution in [0.3, 0.4) is 0 Å². The summed E-state index contributed by atoms with van der Waals surface area (Å²) in [6, 6.07) is 96.8. The lowest BCUT2D eigenvalue weighted by molar-refractivity contribution is 1.29. The van der Waals surface area contributed by atoms with Crippen LogP contribution in [0.15, 0.2) is 267 Å². The van der Waals surface area contributed by atoms with Gasteiger partial charge in [0.25, 0.3) is 0 Å². The third-order valence-corrected chi connectivity index (χ3v) is 13.1. The summed E-state index contributed by atoms with van der Waals surface area (Å²) in [6.45, 7) is 0. The summed E-state index contributed by atoms with van der Waals surface area (Å²) in [5.74, 6) is 0. The number of hydrogen-bond donors (Lipinski definition) is 0. The lowest BCUT2D eigenvalue weighted by Gasteiger charge is -2.28. The number of anilines is 6. The smallest absolute Gasteiger partial charge is 0.0540 e. The normalized spacial score (nSPS) is 11.3. The van der Waals surface area contributed by atoms with E-state index in [1.807, 2.05) is 0 Å². The summed E-state index contributed by atoms with van der Waals surface area (Å²) in [5.41, 5.74) is 13.9. The molecule has 12 aromatic carbocycles. The maximum Gasteiger partial charge on any atom is 0.0540 e. The molecule has 12 aromatic rings. The topological polar surface area (TPSA) is 6.48 Å². The maximum atomic E-state index is 2.38. The molecule has 0 aliphatic carbocycles. The van der Waals surface area contributed by atoms with E-state index in [0.29, 0.717) is 0 Å². The Morgan fingerprint density at radius 3 is 0.894 bits per heavy atom. The molecule has 0 aliphatic rings. The number of hydrogen-bond acceptors (Lipinski definition) is 2. The average Bonchev–Trinajstić information content (AvgIpc) is 3.40. The maximum absolute atomic E-state index is 2.38. The Bertz CT molecular complexity index is 3430. The lowest BCUT2D eigenvalue weighted by atomic mass is 9.93. The summed E-state index contributed by atoms with van der Waals surface area (Å²) in [7, 11) is 0. The predicted octanol–water partition coefficient (Wildman–Crippen LogP) is 18.2. The van der Waals surface area contributed by atoms with Crippen LogP contribution in [0.25, 0.3) is 76.5 Å². The standard InChI is InChI=1S/C64H44N2/c1-3-21-49(22-4-1)65(63-43-41-59(57-27-11-13-29-61(57)63)55-31-15-19-47-17-7-9-25-53(47)55)51-37-33-45(34-38-51)46-35-39-52(40-36-46)66(50-23-5-2-6-24-50)64-44-42-60(58-28-12-14-30-62(58)64)56-32-16-20-48-18-8-10-26-54(48)56/h1-44H. The Kier molecular flexibility index (Phi) is 9.89. The lowest BCUT2D eigenvalue weighted by Crippen LogP contribution is -2.10. The van der Waals surface area contributed by atoms with Crippen LogP contribution >= 0.6 is 0 Å². The first-order chi connectivity index (χ1) is 32.8. The predicted molar refractivity (Wildman–Crippen MR) is 282 cm³/mol. The third-order valence-electron chi connectivity index (χ3n) is 13.1. The minimum Gasteiger partial charge on any atom is -0.310 e. The quantitative estimate of drug-likeness (QED) is 0.143. The van der Waals surface area contributed by atoms with Crippen molar-refractivity contribution in [2.24, 2.45) is 0 Å². The van der Waals surface area contributed by atoms with Gasteiger partial charge in [-0.25, -0.2) is 0 Å². The molecule has 0 aromatic heterocycles. The molecule has 0 amide bonds. The van der Waals surface area contributed by atoms with Crippen LogP contribution < -0.4 is 9.80 Å². The summed E-state index contributed by atoms with van der Waals surface area (Å²) >= 11 is 0. The first-order valence-corrected chi connectivity index (χ1v) is 22.7. The molecule has 0 fully saturated rings. The van der Waals surface area contributed by atoms with Crippen molar-refractivity contribution >= 4 is 77.2 Å². The van der Waals surface area contributed by atoms with Crippen molar-refractivity contribution in [3.8, 4) is 33.4 Å². The fraction of sp³-hybridized carbons (Fsp3) is 0. The van der Waals surface area contributed by atoms with Gasteiger partial charge in [0.05, 0.1) is 11.4 Å². The number of fused-ring (bicyclic) bond motifs is 4. The Balaban J connectivity index is 0.911. The molecular weight excluding hydrogens is 797 g/mol. The van der Waals surface area contributed by atoms with E-state index in [1.165, 1.54) is 65.3 Å². The molecule has 0 saturated carbocycles. The molecule has 66 heavy (non-hydrogen) atoms. The minimum atomic E-state index is 1.10. The first kappa shape index (κ1) is 38.9. The van der Waals surface area contributed by atoms with Crippen molar-refractivity contribution in [1.82, 2.24) is 0 Å². The fourth-order valence-electron chi connectivity index (χ4n) is 9.96. The van der Waals surface area contributed by atoms with Gasteiger partial charge in [0.1, 0.15) is 0 Å². The molecule has 0 saturated heterocycles. The number of rotatable bonds is 9. The number of para-hydroxylation sites is 2. The Hall–Kier alpha value is -8.72. The summed E-state index contributed by atoms with van der Waals surface area (Å²) in [6.07, 6.45) is 0. The van der Waals surface area contributed by atoms with E-state index in [-0.39, 0.29) is 0 Å². The van der Waals surface area contributed by atoms with Gasteiger partial charge in [0, 0.05) is 33.5 Å². The van der Waals surface area contributed by atoms with Crippen LogP contribution in [-0.2, 0) is 0 Å². The second-order valence-electron chi connectivity index (χ2n) is 16.8. The van der Waals surface area contributed by atoms with E-state index in [9.17, 15) is 0 Å². The average molecular weight is 841 g/mol. The Labute approximate surface area is 385 Å². The van der Waals surface area contributed by atoms with Crippen LogP contribution in [0.4, 0.5) is 34.1 Å². The van der Waals surface area contributed by atoms with E-state index < -0.39 is 0 Å². The largest absolute Gasteiger partial charge is 0.310 e. The molecule has 2 heteroatoms. The van der Waals surface area contributed by atoms with Crippen LogP contribution in [0.2, 0.25) is 0 Å². The highest BCUT2D eigenvalue weighted by molar-refractivity contribution is 6.12. The van der Waals surface area contributed by atoms with Gasteiger partial charge < -0.3 is 9.80 Å². The Morgan fingerprint density at radius 1 is 0.182 bits per heavy atom. The molecule has 0 spiro atoms. The molecule has 12 rings (SSSR count). The van der Waals surface area contributed by atoms with E-state index >= 15 is 0 Å². The van der Waals surface area contributed by atoms with Crippen molar-refractivity contribution in [2.75, 3.05) is 9.80 Å². The van der Waals surface area contributed by atoms with Crippen LogP contribution in [0.1, 0.15) is 0 Å². The Morgan fingerprint density at radius 2 is 0.485 bits per heavy atom. The van der Waals surface area contributed by atoms with Gasteiger partial charge in [-0.15, -0.1) is 0 Å². The SMILES string of the molecule is c1ccc(N(c2ccc(-c3ccc(N(c4ccccc4)c4ccc(-c5cccc6ccccc56)c5ccccc45)cc3)cc2)c2ccc(-c3cccc4ccccc34)c3ccccc23)cc1. The van der Waals surface area contributed by atoms with E-state index in [4.69, 9.17) is 0 Å². The second kappa shape index (κ2) is 16.8. The summed E-state index contributed by atoms with van der Waals surface area (Å²) in [5, 5.41) is 9.85. The molecule has 0 aliphatic heterocycles. The van der Waals surface area contributed by atoms with Gasteiger partial charge in [-0.05, 0) is 126 Å². The molecule has 0 unspecified atom stereocenters. The second-order valence-corrected chi connectivity index (χ2v) is 16.8. The van der Waals surface area contributed by atoms with Gasteiger partial charge in [-0.2, -0.15) is 0 Å². The van der Waals surface area contributed by atoms with Crippen molar-refractivity contribution in [2.45, 2.75) is 0 Å². The van der Waals surface area contributed by atoms with Crippen LogP contribution in [-0.4, -0.2) is 0 Å². The van der Waals surface area contributed by atoms with Crippen LogP contribution in [0.5, 0.6) is 0 Å². The molecule has 310 valence electrons. The van der Waals surface area contributed by atoms with Crippen LogP contribution in [0, 0.1) is 0 Å². The minimum absolute atomic E-state index is 1.10. The summed E-state index contributed by atoms with van der Waals surface area (Å²) < 4.78 is 0. The monoisotopic (exact) mass is 840 g/mol. The molecule has 0 heterocycles. The molecule has 0 radical (unpaired) electrons. The van der Waals surface area contributed by atoms with Gasteiger partial charge in [0.15, 0.2) is 0 Å². The van der Waals surface area contributed by atoms with E-state index in [1.54, 1.807) is 0 Å². The zero-order chi connectivity index (χ0) is 43.8. The molecule has 0 atom stereocenters. The van der Waals surface area contributed by atoms with Gasteiger partial charge in [0.2, 0.25) is 0 Å². The molecule has 2 nitrogen and oxygen atoms in total. The first-order valence-electron chi connectivity index (χ1n) is 22.7. The van der Waals surface area contributed by atoms with Crippen molar-refractivity contribution in [3.63, 3.8) is 0 Å². The van der Waals surface area contributed by atoms with E-state index in [0.717, 1.165) is 45.3 Å². The molecule has 0 N–H and O–H groups in total. The van der Waals surface area contributed by atoms with Crippen molar-refractivity contribution in [1.29, 1.82) is 0 Å². The fourth-order valence-corrected chi connectivity index (χ4v) is 9.96.